The Bertz CT molecular complexity index is 1180. The van der Waals surface area contributed by atoms with E-state index in [1.807, 2.05) is 0 Å². The maximum atomic E-state index is 12.8. The predicted molar refractivity (Wildman–Crippen MR) is 83.2 cm³/mol. The molecule has 4 rings (SSSR count). The third kappa shape index (κ3) is 2.44. The SMILES string of the molecule is COc1ccc(-n2ccc3c(nnc4nc(C(F)(F)F)nn43)c2=O)cc1. The van der Waals surface area contributed by atoms with Gasteiger partial charge in [-0.1, -0.05) is 0 Å². The minimum atomic E-state index is -4.72. The summed E-state index contributed by atoms with van der Waals surface area (Å²) in [5.41, 5.74) is -0.0671. The topological polar surface area (TPSA) is 87.2 Å². The minimum Gasteiger partial charge on any atom is -0.497 e. The zero-order valence-electron chi connectivity index (χ0n) is 13.1. The number of alkyl halides is 3. The van der Waals surface area contributed by atoms with Crippen molar-refractivity contribution in [2.75, 3.05) is 7.11 Å². The molecule has 4 aromatic rings. The number of pyridine rings is 1. The lowest BCUT2D eigenvalue weighted by Crippen LogP contribution is -2.20. The van der Waals surface area contributed by atoms with Gasteiger partial charge in [-0.2, -0.15) is 22.7 Å². The Labute approximate surface area is 142 Å². The van der Waals surface area contributed by atoms with Crippen molar-refractivity contribution >= 4 is 16.8 Å². The highest BCUT2D eigenvalue weighted by Crippen LogP contribution is 2.26. The quantitative estimate of drug-likeness (QED) is 0.541. The maximum absolute atomic E-state index is 12.8. The van der Waals surface area contributed by atoms with E-state index >= 15 is 0 Å². The first kappa shape index (κ1) is 16.0. The molecule has 1 aromatic carbocycles. The van der Waals surface area contributed by atoms with E-state index in [-0.39, 0.29) is 16.8 Å². The van der Waals surface area contributed by atoms with Crippen LogP contribution in [0.3, 0.4) is 0 Å². The third-order valence-electron chi connectivity index (χ3n) is 3.71. The number of rotatable bonds is 2. The number of fused-ring (bicyclic) bond motifs is 3. The van der Waals surface area contributed by atoms with Crippen molar-refractivity contribution in [3.05, 3.63) is 52.7 Å². The summed E-state index contributed by atoms with van der Waals surface area (Å²) in [6, 6.07) is 8.10. The molecule has 11 heteroatoms. The van der Waals surface area contributed by atoms with Gasteiger partial charge < -0.3 is 4.74 Å². The number of nitrogens with zero attached hydrogens (tertiary/aromatic N) is 6. The van der Waals surface area contributed by atoms with Gasteiger partial charge in [0.05, 0.1) is 7.11 Å². The zero-order valence-corrected chi connectivity index (χ0v) is 13.1. The van der Waals surface area contributed by atoms with E-state index in [4.69, 9.17) is 4.74 Å². The monoisotopic (exact) mass is 362 g/mol. The number of benzene rings is 1. The van der Waals surface area contributed by atoms with Crippen molar-refractivity contribution in [1.82, 2.24) is 29.4 Å². The van der Waals surface area contributed by atoms with E-state index in [1.54, 1.807) is 24.3 Å². The maximum Gasteiger partial charge on any atom is 0.453 e. The van der Waals surface area contributed by atoms with E-state index in [0.29, 0.717) is 11.4 Å². The van der Waals surface area contributed by atoms with Crippen LogP contribution in [0.5, 0.6) is 5.75 Å². The molecule has 0 N–H and O–H groups in total. The Balaban J connectivity index is 1.92. The molecule has 0 fully saturated rings. The molecule has 0 unspecified atom stereocenters. The molecule has 0 spiro atoms. The summed E-state index contributed by atoms with van der Waals surface area (Å²) in [6.45, 7) is 0. The Morgan fingerprint density at radius 2 is 1.81 bits per heavy atom. The summed E-state index contributed by atoms with van der Waals surface area (Å²) in [6.07, 6.45) is -3.30. The number of ether oxygens (including phenoxy) is 1. The summed E-state index contributed by atoms with van der Waals surface area (Å²) in [7, 11) is 1.52. The van der Waals surface area contributed by atoms with Crippen LogP contribution < -0.4 is 10.3 Å². The largest absolute Gasteiger partial charge is 0.497 e. The van der Waals surface area contributed by atoms with Crippen LogP contribution >= 0.6 is 0 Å². The van der Waals surface area contributed by atoms with E-state index in [9.17, 15) is 18.0 Å². The molecule has 0 radical (unpaired) electrons. The normalized spacial score (nSPS) is 12.0. The van der Waals surface area contributed by atoms with Crippen molar-refractivity contribution in [3.63, 3.8) is 0 Å². The lowest BCUT2D eigenvalue weighted by molar-refractivity contribution is -0.144. The van der Waals surface area contributed by atoms with Gasteiger partial charge in [-0.25, -0.2) is 0 Å². The summed E-state index contributed by atoms with van der Waals surface area (Å²) >= 11 is 0. The standard InChI is InChI=1S/C15H9F3N6O2/c1-26-9-4-2-8(3-5-9)23-7-6-10-11(12(23)25)20-21-14-19-13(15(16,17)18)22-24(10)14/h2-7H,1H3. The summed E-state index contributed by atoms with van der Waals surface area (Å²) in [4.78, 5) is 16.0. The number of halogens is 3. The number of aromatic nitrogens is 6. The average Bonchev–Trinajstić information content (AvgIpc) is 3.07. The van der Waals surface area contributed by atoms with Crippen LogP contribution in [0.2, 0.25) is 0 Å². The molecule has 3 heterocycles. The van der Waals surface area contributed by atoms with Crippen molar-refractivity contribution in [1.29, 1.82) is 0 Å². The molecule has 3 aromatic heterocycles. The fraction of sp³-hybridized carbons (Fsp3) is 0.133. The van der Waals surface area contributed by atoms with E-state index in [1.165, 1.54) is 23.9 Å². The lowest BCUT2D eigenvalue weighted by Gasteiger charge is -2.07. The van der Waals surface area contributed by atoms with Crippen molar-refractivity contribution in [2.24, 2.45) is 0 Å². The molecule has 0 aliphatic rings. The van der Waals surface area contributed by atoms with Gasteiger partial charge in [-0.05, 0) is 30.3 Å². The van der Waals surface area contributed by atoms with Crippen LogP contribution in [-0.2, 0) is 6.18 Å². The smallest absolute Gasteiger partial charge is 0.453 e. The fourth-order valence-electron chi connectivity index (χ4n) is 2.47. The molecule has 26 heavy (non-hydrogen) atoms. The number of hydrogen-bond donors (Lipinski definition) is 0. The Morgan fingerprint density at radius 1 is 1.08 bits per heavy atom. The van der Waals surface area contributed by atoms with E-state index < -0.39 is 17.6 Å². The second-order valence-corrected chi connectivity index (χ2v) is 5.27. The molecule has 0 saturated carbocycles. The Kier molecular flexibility index (Phi) is 3.39. The lowest BCUT2D eigenvalue weighted by atomic mass is 10.3. The van der Waals surface area contributed by atoms with Crippen LogP contribution in [0.4, 0.5) is 13.2 Å². The summed E-state index contributed by atoms with van der Waals surface area (Å²) in [5.74, 6) is -1.07. The number of hydrogen-bond acceptors (Lipinski definition) is 6. The van der Waals surface area contributed by atoms with Gasteiger partial charge in [0.2, 0.25) is 0 Å². The first-order valence-corrected chi connectivity index (χ1v) is 7.25. The van der Waals surface area contributed by atoms with Crippen LogP contribution in [0.15, 0.2) is 41.3 Å². The van der Waals surface area contributed by atoms with Crippen molar-refractivity contribution in [3.8, 4) is 11.4 Å². The second-order valence-electron chi connectivity index (χ2n) is 5.27. The molecular formula is C15H9F3N6O2. The Hall–Kier alpha value is -3.50. The molecular weight excluding hydrogens is 353 g/mol. The van der Waals surface area contributed by atoms with Crippen LogP contribution in [0.1, 0.15) is 5.82 Å². The first-order valence-electron chi connectivity index (χ1n) is 7.25. The van der Waals surface area contributed by atoms with Crippen LogP contribution in [-0.4, -0.2) is 36.5 Å². The van der Waals surface area contributed by atoms with Gasteiger partial charge >= 0.3 is 6.18 Å². The molecule has 0 aliphatic heterocycles. The zero-order chi connectivity index (χ0) is 18.5. The van der Waals surface area contributed by atoms with E-state index in [2.05, 4.69) is 20.3 Å². The average molecular weight is 362 g/mol. The second kappa shape index (κ2) is 5.51. The summed E-state index contributed by atoms with van der Waals surface area (Å²) in [5, 5.41) is 10.7. The molecule has 0 atom stereocenters. The van der Waals surface area contributed by atoms with Crippen LogP contribution in [0, 0.1) is 0 Å². The van der Waals surface area contributed by atoms with Crippen molar-refractivity contribution < 1.29 is 17.9 Å². The van der Waals surface area contributed by atoms with Gasteiger partial charge in [-0.15, -0.1) is 15.3 Å². The van der Waals surface area contributed by atoms with Gasteiger partial charge in [0, 0.05) is 11.9 Å². The third-order valence-corrected chi connectivity index (χ3v) is 3.71. The first-order chi connectivity index (χ1) is 12.4. The van der Waals surface area contributed by atoms with Crippen LogP contribution in [0.25, 0.3) is 22.5 Å². The molecule has 0 aliphatic carbocycles. The van der Waals surface area contributed by atoms with Gasteiger partial charge in [0.1, 0.15) is 11.3 Å². The van der Waals surface area contributed by atoms with Gasteiger partial charge in [-0.3, -0.25) is 9.36 Å². The minimum absolute atomic E-state index is 0.0766. The highest BCUT2D eigenvalue weighted by atomic mass is 19.4. The van der Waals surface area contributed by atoms with Crippen molar-refractivity contribution in [2.45, 2.75) is 6.18 Å². The highest BCUT2D eigenvalue weighted by Gasteiger charge is 2.36. The molecule has 0 saturated heterocycles. The molecule has 132 valence electrons. The fourth-order valence-corrected chi connectivity index (χ4v) is 2.47. The van der Waals surface area contributed by atoms with Gasteiger partial charge in [0.15, 0.2) is 5.52 Å². The summed E-state index contributed by atoms with van der Waals surface area (Å²) < 4.78 is 45.6. The Morgan fingerprint density at radius 3 is 2.46 bits per heavy atom. The molecule has 0 amide bonds. The predicted octanol–water partition coefficient (Wildman–Crippen LogP) is 1.85. The highest BCUT2D eigenvalue weighted by molar-refractivity contribution is 5.74. The molecule has 0 bridgehead atoms. The number of methoxy groups -OCH3 is 1. The van der Waals surface area contributed by atoms with E-state index in [0.717, 1.165) is 4.52 Å². The van der Waals surface area contributed by atoms with Gasteiger partial charge in [0.25, 0.3) is 17.2 Å². The molecule has 8 nitrogen and oxygen atoms in total.